The van der Waals surface area contributed by atoms with E-state index in [1.165, 1.54) is 17.2 Å². The Morgan fingerprint density at radius 2 is 1.25 bits per heavy atom. The van der Waals surface area contributed by atoms with E-state index in [1.54, 1.807) is 18.2 Å². The molecule has 2 aromatic carbocycles. The maximum atomic E-state index is 8.73. The van der Waals surface area contributed by atoms with Crippen LogP contribution in [0.5, 0.6) is 5.75 Å². The third kappa shape index (κ3) is 5.35. The number of nitrogens with two attached hydrogens (primary N) is 1. The summed E-state index contributed by atoms with van der Waals surface area (Å²) in [6.07, 6.45) is 0. The minimum Gasteiger partial charge on any atom is -0.508 e. The fourth-order valence-electron chi connectivity index (χ4n) is 1.79. The first-order valence-corrected chi connectivity index (χ1v) is 7.04. The summed E-state index contributed by atoms with van der Waals surface area (Å²) in [7, 11) is 0. The van der Waals surface area contributed by atoms with E-state index in [-0.39, 0.29) is 5.75 Å². The quantitative estimate of drug-likeness (QED) is 0.762. The summed E-state index contributed by atoms with van der Waals surface area (Å²) in [5.41, 5.74) is 8.75. The molecule has 2 rings (SSSR count). The van der Waals surface area contributed by atoms with Gasteiger partial charge in [0, 0.05) is 11.8 Å². The van der Waals surface area contributed by atoms with Crippen molar-refractivity contribution in [3.8, 4) is 5.75 Å². The Bertz CT molecular complexity index is 471. The molecular formula is C18H25NO. The first kappa shape index (κ1) is 16.1. The number of nitrogen functional groups attached to an aromatic ring is 1. The van der Waals surface area contributed by atoms with Crippen molar-refractivity contribution in [3.05, 3.63) is 59.7 Å². The number of hydrogen-bond acceptors (Lipinski definition) is 2. The molecule has 0 spiro atoms. The average Bonchev–Trinajstić information content (AvgIpc) is 2.39. The number of hydrogen-bond donors (Lipinski definition) is 2. The molecule has 3 N–H and O–H groups in total. The molecule has 2 heteroatoms. The molecule has 0 radical (unpaired) electrons. The molecule has 0 heterocycles. The van der Waals surface area contributed by atoms with Crippen LogP contribution in [0.3, 0.4) is 0 Å². The van der Waals surface area contributed by atoms with Crippen molar-refractivity contribution in [1.82, 2.24) is 0 Å². The molecule has 0 aliphatic carbocycles. The van der Waals surface area contributed by atoms with Crippen LogP contribution in [0.15, 0.2) is 48.5 Å². The van der Waals surface area contributed by atoms with Crippen molar-refractivity contribution in [3.63, 3.8) is 0 Å². The second-order valence-electron chi connectivity index (χ2n) is 5.57. The molecule has 108 valence electrons. The number of phenols is 1. The van der Waals surface area contributed by atoms with Gasteiger partial charge >= 0.3 is 0 Å². The van der Waals surface area contributed by atoms with Crippen LogP contribution >= 0.6 is 0 Å². The fourth-order valence-corrected chi connectivity index (χ4v) is 1.79. The van der Waals surface area contributed by atoms with Gasteiger partial charge in [-0.05, 0) is 35.1 Å². The highest BCUT2D eigenvalue weighted by atomic mass is 16.3. The smallest absolute Gasteiger partial charge is 0.117 e. The standard InChI is InChI=1S/C12H18.C6H7NO/c1-9(2)11-5-7-12(8-6-11)10(3)4;7-5-2-1-3-6(8)4-5/h5-10H,1-4H3;1-4,8H,7H2. The lowest BCUT2D eigenvalue weighted by atomic mass is 9.97. The first-order valence-electron chi connectivity index (χ1n) is 7.04. The first-order chi connectivity index (χ1) is 9.40. The zero-order valence-corrected chi connectivity index (χ0v) is 12.8. The lowest BCUT2D eigenvalue weighted by molar-refractivity contribution is 0.475. The van der Waals surface area contributed by atoms with Crippen LogP contribution in [0.2, 0.25) is 0 Å². The van der Waals surface area contributed by atoms with E-state index in [1.807, 2.05) is 0 Å². The van der Waals surface area contributed by atoms with Crippen LogP contribution < -0.4 is 5.73 Å². The van der Waals surface area contributed by atoms with E-state index < -0.39 is 0 Å². The minimum atomic E-state index is 0.213. The Hall–Kier alpha value is -1.96. The van der Waals surface area contributed by atoms with Crippen LogP contribution in [0.4, 0.5) is 5.69 Å². The summed E-state index contributed by atoms with van der Waals surface area (Å²) in [5, 5.41) is 8.73. The summed E-state index contributed by atoms with van der Waals surface area (Å²) in [4.78, 5) is 0. The topological polar surface area (TPSA) is 46.2 Å². The Labute approximate surface area is 122 Å². The molecule has 2 nitrogen and oxygen atoms in total. The summed E-state index contributed by atoms with van der Waals surface area (Å²) in [6.45, 7) is 8.91. The van der Waals surface area contributed by atoms with E-state index in [2.05, 4.69) is 52.0 Å². The van der Waals surface area contributed by atoms with Crippen LogP contribution in [0.1, 0.15) is 50.7 Å². The Balaban J connectivity index is 0.000000217. The minimum absolute atomic E-state index is 0.213. The SMILES string of the molecule is CC(C)c1ccc(C(C)C)cc1.Nc1cccc(O)c1. The Morgan fingerprint density at radius 1 is 0.800 bits per heavy atom. The van der Waals surface area contributed by atoms with Gasteiger partial charge in [0.05, 0.1) is 0 Å². The van der Waals surface area contributed by atoms with Crippen LogP contribution in [0, 0.1) is 0 Å². The van der Waals surface area contributed by atoms with Crippen LogP contribution in [0.25, 0.3) is 0 Å². The zero-order chi connectivity index (χ0) is 15.1. The number of phenolic OH excluding ortho intramolecular Hbond substituents is 1. The van der Waals surface area contributed by atoms with Gasteiger partial charge in [-0.3, -0.25) is 0 Å². The van der Waals surface area contributed by atoms with Gasteiger partial charge in [0.2, 0.25) is 0 Å². The van der Waals surface area contributed by atoms with E-state index >= 15 is 0 Å². The summed E-state index contributed by atoms with van der Waals surface area (Å²) >= 11 is 0. The lowest BCUT2D eigenvalue weighted by Crippen LogP contribution is -1.90. The Morgan fingerprint density at radius 3 is 1.50 bits per heavy atom. The van der Waals surface area contributed by atoms with Crippen molar-refractivity contribution in [2.24, 2.45) is 0 Å². The highest BCUT2D eigenvalue weighted by molar-refractivity contribution is 5.42. The van der Waals surface area contributed by atoms with Gasteiger partial charge in [-0.15, -0.1) is 0 Å². The van der Waals surface area contributed by atoms with Gasteiger partial charge < -0.3 is 10.8 Å². The van der Waals surface area contributed by atoms with Crippen molar-refractivity contribution < 1.29 is 5.11 Å². The maximum absolute atomic E-state index is 8.73. The van der Waals surface area contributed by atoms with Crippen LogP contribution in [-0.4, -0.2) is 5.11 Å². The van der Waals surface area contributed by atoms with Crippen molar-refractivity contribution in [1.29, 1.82) is 0 Å². The summed E-state index contributed by atoms with van der Waals surface area (Å²) in [6, 6.07) is 15.4. The van der Waals surface area contributed by atoms with Crippen molar-refractivity contribution in [2.75, 3.05) is 5.73 Å². The van der Waals surface area contributed by atoms with Gasteiger partial charge in [-0.1, -0.05) is 58.0 Å². The number of aromatic hydroxyl groups is 1. The molecule has 0 bridgehead atoms. The largest absolute Gasteiger partial charge is 0.508 e. The second-order valence-corrected chi connectivity index (χ2v) is 5.57. The van der Waals surface area contributed by atoms with Gasteiger partial charge in [-0.2, -0.15) is 0 Å². The summed E-state index contributed by atoms with van der Waals surface area (Å²) in [5.74, 6) is 1.50. The molecule has 0 saturated heterocycles. The van der Waals surface area contributed by atoms with Gasteiger partial charge in [-0.25, -0.2) is 0 Å². The normalized spacial score (nSPS) is 10.3. The fraction of sp³-hybridized carbons (Fsp3) is 0.333. The molecular weight excluding hydrogens is 246 g/mol. The molecule has 0 unspecified atom stereocenters. The third-order valence-electron chi connectivity index (χ3n) is 3.14. The van der Waals surface area contributed by atoms with E-state index in [0.29, 0.717) is 17.5 Å². The molecule has 0 saturated carbocycles. The van der Waals surface area contributed by atoms with E-state index in [4.69, 9.17) is 10.8 Å². The number of benzene rings is 2. The predicted molar refractivity (Wildman–Crippen MR) is 87.1 cm³/mol. The number of rotatable bonds is 2. The maximum Gasteiger partial charge on any atom is 0.117 e. The molecule has 0 fully saturated rings. The third-order valence-corrected chi connectivity index (χ3v) is 3.14. The zero-order valence-electron chi connectivity index (χ0n) is 12.8. The van der Waals surface area contributed by atoms with Gasteiger partial charge in [0.1, 0.15) is 5.75 Å². The lowest BCUT2D eigenvalue weighted by Gasteiger charge is -2.08. The molecule has 0 aliphatic heterocycles. The highest BCUT2D eigenvalue weighted by Crippen LogP contribution is 2.19. The van der Waals surface area contributed by atoms with Crippen molar-refractivity contribution in [2.45, 2.75) is 39.5 Å². The Kier molecular flexibility index (Phi) is 6.10. The van der Waals surface area contributed by atoms with E-state index in [9.17, 15) is 0 Å². The molecule has 0 atom stereocenters. The molecule has 0 aliphatic rings. The van der Waals surface area contributed by atoms with Crippen molar-refractivity contribution >= 4 is 5.69 Å². The highest BCUT2D eigenvalue weighted by Gasteiger charge is 2.00. The molecule has 20 heavy (non-hydrogen) atoms. The summed E-state index contributed by atoms with van der Waals surface area (Å²) < 4.78 is 0. The van der Waals surface area contributed by atoms with Crippen LogP contribution in [-0.2, 0) is 0 Å². The monoisotopic (exact) mass is 271 g/mol. The van der Waals surface area contributed by atoms with E-state index in [0.717, 1.165) is 0 Å². The van der Waals surface area contributed by atoms with Gasteiger partial charge in [0.25, 0.3) is 0 Å². The molecule has 0 aromatic heterocycles. The number of anilines is 1. The molecule has 0 amide bonds. The average molecular weight is 271 g/mol. The van der Waals surface area contributed by atoms with Gasteiger partial charge in [0.15, 0.2) is 0 Å². The predicted octanol–water partition coefficient (Wildman–Crippen LogP) is 4.91. The second kappa shape index (κ2) is 7.59. The molecule has 2 aromatic rings.